The number of carbonyl (C=O) groups is 1. The van der Waals surface area contributed by atoms with Crippen LogP contribution in [0.15, 0.2) is 24.8 Å². The zero-order valence-corrected chi connectivity index (χ0v) is 8.58. The van der Waals surface area contributed by atoms with Crippen LogP contribution in [-0.2, 0) is 0 Å². The minimum Gasteiger partial charge on any atom is -0.486 e. The molecule has 1 aromatic carbocycles. The van der Waals surface area contributed by atoms with Gasteiger partial charge >= 0.3 is 0 Å². The van der Waals surface area contributed by atoms with Gasteiger partial charge in [0.25, 0.3) is 0 Å². The van der Waals surface area contributed by atoms with Crippen LogP contribution in [0.1, 0.15) is 15.9 Å². The van der Waals surface area contributed by atoms with Crippen LogP contribution in [0.3, 0.4) is 0 Å². The van der Waals surface area contributed by atoms with E-state index < -0.39 is 0 Å². The van der Waals surface area contributed by atoms with Crippen LogP contribution < -0.4 is 9.47 Å². The molecule has 0 radical (unpaired) electrons. The first-order valence-corrected chi connectivity index (χ1v) is 4.79. The van der Waals surface area contributed by atoms with Crippen molar-refractivity contribution in [3.63, 3.8) is 0 Å². The molecule has 0 amide bonds. The number of benzene rings is 1. The summed E-state index contributed by atoms with van der Waals surface area (Å²) >= 11 is 0. The van der Waals surface area contributed by atoms with Crippen LogP contribution >= 0.6 is 0 Å². The van der Waals surface area contributed by atoms with Crippen molar-refractivity contribution in [1.82, 2.24) is 0 Å². The summed E-state index contributed by atoms with van der Waals surface area (Å²) in [6.07, 6.45) is 1.30. The third kappa shape index (κ3) is 1.73. The number of aryl methyl sites for hydroxylation is 1. The maximum absolute atomic E-state index is 11.5. The van der Waals surface area contributed by atoms with Crippen molar-refractivity contribution >= 4 is 5.78 Å². The second-order valence-corrected chi connectivity index (χ2v) is 3.38. The fraction of sp³-hybridized carbons (Fsp3) is 0.250. The highest BCUT2D eigenvalue weighted by Gasteiger charge is 2.16. The Bertz CT molecular complexity index is 421. The molecular formula is C12H12O3. The first-order chi connectivity index (χ1) is 7.22. The summed E-state index contributed by atoms with van der Waals surface area (Å²) in [5, 5.41) is 0. The van der Waals surface area contributed by atoms with E-state index in [4.69, 9.17) is 9.47 Å². The Morgan fingerprint density at radius 2 is 1.93 bits per heavy atom. The van der Waals surface area contributed by atoms with E-state index in [0.29, 0.717) is 30.3 Å². The fourth-order valence-corrected chi connectivity index (χ4v) is 1.57. The molecule has 1 heterocycles. The summed E-state index contributed by atoms with van der Waals surface area (Å²) in [5.74, 6) is 1.25. The lowest BCUT2D eigenvalue weighted by Crippen LogP contribution is -2.16. The second-order valence-electron chi connectivity index (χ2n) is 3.38. The topological polar surface area (TPSA) is 35.5 Å². The lowest BCUT2D eigenvalue weighted by Gasteiger charge is -2.19. The molecule has 1 aromatic rings. The highest BCUT2D eigenvalue weighted by molar-refractivity contribution is 6.05. The van der Waals surface area contributed by atoms with Crippen molar-refractivity contribution < 1.29 is 14.3 Å². The molecule has 0 bridgehead atoms. The van der Waals surface area contributed by atoms with Gasteiger partial charge in [-0.15, -0.1) is 0 Å². The molecule has 0 N–H and O–H groups in total. The number of fused-ring (bicyclic) bond motifs is 1. The number of allylic oxidation sites excluding steroid dienone is 1. The zero-order chi connectivity index (χ0) is 10.8. The SMILES string of the molecule is C=CC(=O)c1cc2c(cc1C)OCCO2. The molecule has 2 rings (SSSR count). The molecule has 3 nitrogen and oxygen atoms in total. The molecule has 0 saturated carbocycles. The van der Waals surface area contributed by atoms with Crippen molar-refractivity contribution in [1.29, 1.82) is 0 Å². The van der Waals surface area contributed by atoms with Gasteiger partial charge in [0.05, 0.1) is 0 Å². The Hall–Kier alpha value is -1.77. The van der Waals surface area contributed by atoms with Crippen molar-refractivity contribution in [3.8, 4) is 11.5 Å². The van der Waals surface area contributed by atoms with Gasteiger partial charge in [0.2, 0.25) is 0 Å². The van der Waals surface area contributed by atoms with Gasteiger partial charge in [-0.05, 0) is 30.7 Å². The monoisotopic (exact) mass is 204 g/mol. The molecular weight excluding hydrogens is 192 g/mol. The maximum Gasteiger partial charge on any atom is 0.185 e. The normalized spacial score (nSPS) is 13.4. The van der Waals surface area contributed by atoms with E-state index in [9.17, 15) is 4.79 Å². The lowest BCUT2D eigenvalue weighted by molar-refractivity contribution is 0.104. The van der Waals surface area contributed by atoms with E-state index in [-0.39, 0.29) is 5.78 Å². The first kappa shape index (κ1) is 9.77. The molecule has 0 aromatic heterocycles. The van der Waals surface area contributed by atoms with Crippen LogP contribution in [0.5, 0.6) is 11.5 Å². The standard InChI is InChI=1S/C12H12O3/c1-3-10(13)9-7-12-11(6-8(9)2)14-4-5-15-12/h3,6-7H,1,4-5H2,2H3. The molecule has 0 fully saturated rings. The molecule has 0 unspecified atom stereocenters. The fourth-order valence-electron chi connectivity index (χ4n) is 1.57. The number of rotatable bonds is 2. The van der Waals surface area contributed by atoms with Gasteiger partial charge < -0.3 is 9.47 Å². The Kier molecular flexibility index (Phi) is 2.46. The lowest BCUT2D eigenvalue weighted by atomic mass is 10.0. The van der Waals surface area contributed by atoms with Crippen LogP contribution in [0.25, 0.3) is 0 Å². The average molecular weight is 204 g/mol. The summed E-state index contributed by atoms with van der Waals surface area (Å²) in [6, 6.07) is 3.54. The number of ketones is 1. The molecule has 1 aliphatic rings. The first-order valence-electron chi connectivity index (χ1n) is 4.79. The summed E-state index contributed by atoms with van der Waals surface area (Å²) in [5.41, 5.74) is 1.50. The van der Waals surface area contributed by atoms with E-state index in [1.165, 1.54) is 6.08 Å². The highest BCUT2D eigenvalue weighted by atomic mass is 16.6. The van der Waals surface area contributed by atoms with Gasteiger partial charge in [0.15, 0.2) is 17.3 Å². The predicted molar refractivity (Wildman–Crippen MR) is 56.7 cm³/mol. The molecule has 0 spiro atoms. The summed E-state index contributed by atoms with van der Waals surface area (Å²) < 4.78 is 10.8. The Labute approximate surface area is 88.3 Å². The highest BCUT2D eigenvalue weighted by Crippen LogP contribution is 2.33. The quantitative estimate of drug-likeness (QED) is 0.547. The molecule has 15 heavy (non-hydrogen) atoms. The summed E-state index contributed by atoms with van der Waals surface area (Å²) in [6.45, 7) is 6.42. The molecule has 1 aliphatic heterocycles. The van der Waals surface area contributed by atoms with Gasteiger partial charge in [-0.1, -0.05) is 6.58 Å². The molecule has 78 valence electrons. The largest absolute Gasteiger partial charge is 0.486 e. The smallest absolute Gasteiger partial charge is 0.185 e. The van der Waals surface area contributed by atoms with Gasteiger partial charge in [-0.25, -0.2) is 0 Å². The number of hydrogen-bond donors (Lipinski definition) is 0. The van der Waals surface area contributed by atoms with Crippen LogP contribution in [0.2, 0.25) is 0 Å². The summed E-state index contributed by atoms with van der Waals surface area (Å²) in [7, 11) is 0. The van der Waals surface area contributed by atoms with Crippen molar-refractivity contribution in [2.45, 2.75) is 6.92 Å². The van der Waals surface area contributed by atoms with E-state index in [2.05, 4.69) is 6.58 Å². The minimum atomic E-state index is -0.0931. The van der Waals surface area contributed by atoms with Gasteiger partial charge in [0.1, 0.15) is 13.2 Å². The minimum absolute atomic E-state index is 0.0931. The number of ether oxygens (including phenoxy) is 2. The van der Waals surface area contributed by atoms with Crippen molar-refractivity contribution in [2.24, 2.45) is 0 Å². The number of carbonyl (C=O) groups excluding carboxylic acids is 1. The van der Waals surface area contributed by atoms with Gasteiger partial charge in [0, 0.05) is 5.56 Å². The molecule has 3 heteroatoms. The third-order valence-corrected chi connectivity index (χ3v) is 2.34. The molecule has 0 saturated heterocycles. The predicted octanol–water partition coefficient (Wildman–Crippen LogP) is 2.13. The molecule has 0 aliphatic carbocycles. The van der Waals surface area contributed by atoms with Crippen molar-refractivity contribution in [2.75, 3.05) is 13.2 Å². The second kappa shape index (κ2) is 3.77. The third-order valence-electron chi connectivity index (χ3n) is 2.34. The van der Waals surface area contributed by atoms with E-state index >= 15 is 0 Å². The Balaban J connectivity index is 2.49. The van der Waals surface area contributed by atoms with Gasteiger partial charge in [-0.3, -0.25) is 4.79 Å². The van der Waals surface area contributed by atoms with Gasteiger partial charge in [-0.2, -0.15) is 0 Å². The number of hydrogen-bond acceptors (Lipinski definition) is 3. The van der Waals surface area contributed by atoms with Crippen molar-refractivity contribution in [3.05, 3.63) is 35.9 Å². The Morgan fingerprint density at radius 1 is 1.33 bits per heavy atom. The Morgan fingerprint density at radius 3 is 2.53 bits per heavy atom. The maximum atomic E-state index is 11.5. The van der Waals surface area contributed by atoms with Crippen LogP contribution in [-0.4, -0.2) is 19.0 Å². The zero-order valence-electron chi connectivity index (χ0n) is 8.58. The average Bonchev–Trinajstić information content (AvgIpc) is 2.27. The van der Waals surface area contributed by atoms with E-state index in [1.807, 2.05) is 13.0 Å². The van der Waals surface area contributed by atoms with E-state index in [0.717, 1.165) is 5.56 Å². The molecule has 0 atom stereocenters. The summed E-state index contributed by atoms with van der Waals surface area (Å²) in [4.78, 5) is 11.5. The van der Waals surface area contributed by atoms with E-state index in [1.54, 1.807) is 6.07 Å². The van der Waals surface area contributed by atoms with Crippen LogP contribution in [0.4, 0.5) is 0 Å². The van der Waals surface area contributed by atoms with Crippen LogP contribution in [0, 0.1) is 6.92 Å².